The number of hydrogen-bond acceptors (Lipinski definition) is 5. The van der Waals surface area contributed by atoms with Crippen LogP contribution in [0.15, 0.2) is 24.3 Å². The molecule has 1 aromatic heterocycles. The van der Waals surface area contributed by atoms with Crippen LogP contribution in [0.2, 0.25) is 0 Å². The Labute approximate surface area is 125 Å². The largest absolute Gasteiger partial charge is 0.388 e. The molecule has 0 radical (unpaired) electrons. The molecule has 3 rings (SSSR count). The Morgan fingerprint density at radius 2 is 2.14 bits per heavy atom. The summed E-state index contributed by atoms with van der Waals surface area (Å²) in [7, 11) is 0. The van der Waals surface area contributed by atoms with Gasteiger partial charge in [-0.25, -0.2) is 4.98 Å². The van der Waals surface area contributed by atoms with Gasteiger partial charge in [0.15, 0.2) is 0 Å². The lowest BCUT2D eigenvalue weighted by Crippen LogP contribution is -2.46. The molecule has 1 aliphatic heterocycles. The van der Waals surface area contributed by atoms with Crippen molar-refractivity contribution in [2.75, 3.05) is 29.9 Å². The second kappa shape index (κ2) is 5.48. The van der Waals surface area contributed by atoms with Crippen LogP contribution in [0.1, 0.15) is 26.7 Å². The Morgan fingerprint density at radius 3 is 2.90 bits per heavy atom. The third-order valence-electron chi connectivity index (χ3n) is 3.89. The number of anilines is 2. The summed E-state index contributed by atoms with van der Waals surface area (Å²) in [4.78, 5) is 11.4. The molecule has 5 nitrogen and oxygen atoms in total. The summed E-state index contributed by atoms with van der Waals surface area (Å²) in [5, 5.41) is 14.6. The summed E-state index contributed by atoms with van der Waals surface area (Å²) >= 11 is 0. The first kappa shape index (κ1) is 14.1. The lowest BCUT2D eigenvalue weighted by molar-refractivity contribution is 0.0448. The zero-order chi connectivity index (χ0) is 14.9. The Kier molecular flexibility index (Phi) is 3.68. The van der Waals surface area contributed by atoms with Crippen molar-refractivity contribution in [1.29, 1.82) is 0 Å². The van der Waals surface area contributed by atoms with Crippen molar-refractivity contribution in [3.05, 3.63) is 24.3 Å². The predicted molar refractivity (Wildman–Crippen MR) is 85.8 cm³/mol. The third-order valence-corrected chi connectivity index (χ3v) is 3.89. The Bertz CT molecular complexity index is 641. The van der Waals surface area contributed by atoms with Gasteiger partial charge in [0.2, 0.25) is 5.95 Å². The highest BCUT2D eigenvalue weighted by Gasteiger charge is 2.30. The molecule has 0 bridgehead atoms. The van der Waals surface area contributed by atoms with Gasteiger partial charge in [-0.15, -0.1) is 0 Å². The zero-order valence-corrected chi connectivity index (χ0v) is 12.6. The van der Waals surface area contributed by atoms with Crippen LogP contribution in [0.4, 0.5) is 11.8 Å². The van der Waals surface area contributed by atoms with E-state index in [1.165, 1.54) is 0 Å². The van der Waals surface area contributed by atoms with Crippen LogP contribution >= 0.6 is 0 Å². The van der Waals surface area contributed by atoms with Crippen LogP contribution in [0, 0.1) is 0 Å². The third kappa shape index (κ3) is 2.93. The van der Waals surface area contributed by atoms with E-state index in [2.05, 4.69) is 20.2 Å². The lowest BCUT2D eigenvalue weighted by Gasteiger charge is -2.38. The van der Waals surface area contributed by atoms with E-state index in [9.17, 15) is 5.11 Å². The van der Waals surface area contributed by atoms with E-state index in [-0.39, 0.29) is 0 Å². The van der Waals surface area contributed by atoms with E-state index < -0.39 is 5.60 Å². The van der Waals surface area contributed by atoms with E-state index in [4.69, 9.17) is 0 Å². The Balaban J connectivity index is 2.07. The molecule has 112 valence electrons. The molecule has 5 heteroatoms. The molecular weight excluding hydrogens is 264 g/mol. The van der Waals surface area contributed by atoms with Gasteiger partial charge in [0, 0.05) is 25.0 Å². The van der Waals surface area contributed by atoms with Crippen molar-refractivity contribution < 1.29 is 5.11 Å². The number of hydrogen-bond donors (Lipinski definition) is 2. The SMILES string of the molecule is CCNc1nc(N2CCCC(C)(O)C2)c2ccccc2n1. The van der Waals surface area contributed by atoms with Crippen molar-refractivity contribution in [2.45, 2.75) is 32.3 Å². The molecule has 1 aliphatic rings. The van der Waals surface area contributed by atoms with Gasteiger partial charge in [-0.05, 0) is 38.8 Å². The van der Waals surface area contributed by atoms with Gasteiger partial charge in [0.1, 0.15) is 5.82 Å². The fourth-order valence-electron chi connectivity index (χ4n) is 2.94. The Hall–Kier alpha value is -1.88. The highest BCUT2D eigenvalue weighted by Crippen LogP contribution is 2.30. The number of aromatic nitrogens is 2. The van der Waals surface area contributed by atoms with Crippen molar-refractivity contribution in [1.82, 2.24) is 9.97 Å². The average Bonchev–Trinajstić information content (AvgIpc) is 2.46. The number of aliphatic hydroxyl groups is 1. The maximum absolute atomic E-state index is 10.4. The molecule has 2 N–H and O–H groups in total. The molecule has 0 saturated carbocycles. The summed E-state index contributed by atoms with van der Waals surface area (Å²) in [5.74, 6) is 1.56. The van der Waals surface area contributed by atoms with Gasteiger partial charge >= 0.3 is 0 Å². The highest BCUT2D eigenvalue weighted by atomic mass is 16.3. The van der Waals surface area contributed by atoms with Gasteiger partial charge in [0.05, 0.1) is 11.1 Å². The lowest BCUT2D eigenvalue weighted by atomic mass is 9.95. The molecule has 1 saturated heterocycles. The predicted octanol–water partition coefficient (Wildman–Crippen LogP) is 2.41. The molecule has 1 atom stereocenters. The number of β-amino-alcohol motifs (C(OH)–C–C–N with tert-alkyl or cyclic N) is 1. The molecule has 2 heterocycles. The number of piperidine rings is 1. The normalized spacial score (nSPS) is 22.5. The summed E-state index contributed by atoms with van der Waals surface area (Å²) < 4.78 is 0. The van der Waals surface area contributed by atoms with Crippen molar-refractivity contribution >= 4 is 22.7 Å². The molecule has 0 amide bonds. The number of nitrogens with one attached hydrogen (secondary N) is 1. The van der Waals surface area contributed by atoms with Crippen molar-refractivity contribution in [2.24, 2.45) is 0 Å². The number of rotatable bonds is 3. The minimum Gasteiger partial charge on any atom is -0.388 e. The first-order valence-electron chi connectivity index (χ1n) is 7.57. The molecule has 1 aromatic carbocycles. The van der Waals surface area contributed by atoms with E-state index in [1.807, 2.05) is 38.1 Å². The fourth-order valence-corrected chi connectivity index (χ4v) is 2.94. The van der Waals surface area contributed by atoms with Crippen LogP contribution in [-0.4, -0.2) is 40.3 Å². The van der Waals surface area contributed by atoms with Crippen LogP contribution < -0.4 is 10.2 Å². The van der Waals surface area contributed by atoms with Crippen LogP contribution in [0.3, 0.4) is 0 Å². The summed E-state index contributed by atoms with van der Waals surface area (Å²) in [5.41, 5.74) is 0.284. The number of fused-ring (bicyclic) bond motifs is 1. The van der Waals surface area contributed by atoms with Crippen LogP contribution in [-0.2, 0) is 0 Å². The standard InChI is InChI=1S/C16H22N4O/c1-3-17-15-18-13-8-5-4-7-12(13)14(19-15)20-10-6-9-16(2,21)11-20/h4-5,7-8,21H,3,6,9-11H2,1-2H3,(H,17,18,19). The van der Waals surface area contributed by atoms with E-state index in [1.54, 1.807) is 0 Å². The van der Waals surface area contributed by atoms with E-state index in [0.717, 1.165) is 42.7 Å². The minimum absolute atomic E-state index is 0.611. The highest BCUT2D eigenvalue weighted by molar-refractivity contribution is 5.90. The summed E-state index contributed by atoms with van der Waals surface area (Å²) in [6, 6.07) is 8.04. The van der Waals surface area contributed by atoms with Crippen molar-refractivity contribution in [3.63, 3.8) is 0 Å². The van der Waals surface area contributed by atoms with Crippen LogP contribution in [0.5, 0.6) is 0 Å². The Morgan fingerprint density at radius 1 is 1.33 bits per heavy atom. The number of benzene rings is 1. The van der Waals surface area contributed by atoms with E-state index >= 15 is 0 Å². The number of nitrogens with zero attached hydrogens (tertiary/aromatic N) is 3. The summed E-state index contributed by atoms with van der Waals surface area (Å²) in [6.07, 6.45) is 1.81. The molecule has 2 aromatic rings. The smallest absolute Gasteiger partial charge is 0.225 e. The van der Waals surface area contributed by atoms with Gasteiger partial charge in [-0.1, -0.05) is 12.1 Å². The van der Waals surface area contributed by atoms with Crippen molar-refractivity contribution in [3.8, 4) is 0 Å². The first-order valence-corrected chi connectivity index (χ1v) is 7.57. The number of para-hydroxylation sites is 1. The second-order valence-corrected chi connectivity index (χ2v) is 5.94. The van der Waals surface area contributed by atoms with Gasteiger partial charge in [-0.3, -0.25) is 0 Å². The fraction of sp³-hybridized carbons (Fsp3) is 0.500. The second-order valence-electron chi connectivity index (χ2n) is 5.94. The average molecular weight is 286 g/mol. The first-order chi connectivity index (χ1) is 10.1. The monoisotopic (exact) mass is 286 g/mol. The molecule has 0 spiro atoms. The maximum atomic E-state index is 10.4. The zero-order valence-electron chi connectivity index (χ0n) is 12.6. The van der Waals surface area contributed by atoms with Gasteiger partial charge in [0.25, 0.3) is 0 Å². The van der Waals surface area contributed by atoms with E-state index in [0.29, 0.717) is 12.5 Å². The molecular formula is C16H22N4O. The van der Waals surface area contributed by atoms with Gasteiger partial charge in [-0.2, -0.15) is 4.98 Å². The molecule has 1 fully saturated rings. The molecule has 0 aliphatic carbocycles. The minimum atomic E-state index is -0.650. The quantitative estimate of drug-likeness (QED) is 0.907. The topological polar surface area (TPSA) is 61.3 Å². The molecule has 1 unspecified atom stereocenters. The maximum Gasteiger partial charge on any atom is 0.225 e. The summed E-state index contributed by atoms with van der Waals surface area (Å²) in [6.45, 7) is 6.25. The van der Waals surface area contributed by atoms with Gasteiger partial charge < -0.3 is 15.3 Å². The van der Waals surface area contributed by atoms with Crippen LogP contribution in [0.25, 0.3) is 10.9 Å². The molecule has 21 heavy (non-hydrogen) atoms.